The minimum Gasteiger partial charge on any atom is -0.327 e. The second-order valence-electron chi connectivity index (χ2n) is 4.29. The zero-order valence-electron chi connectivity index (χ0n) is 9.84. The average Bonchev–Trinajstić information content (AvgIpc) is 2.23. The van der Waals surface area contributed by atoms with Gasteiger partial charge in [0.15, 0.2) is 0 Å². The third-order valence-corrected chi connectivity index (χ3v) is 3.22. The van der Waals surface area contributed by atoms with Crippen molar-refractivity contribution in [3.05, 3.63) is 28.2 Å². The van der Waals surface area contributed by atoms with E-state index in [9.17, 15) is 4.79 Å². The third kappa shape index (κ3) is 4.54. The zero-order chi connectivity index (χ0) is 13.0. The molecule has 1 unspecified atom stereocenters. The molecule has 3 nitrogen and oxygen atoms in total. The van der Waals surface area contributed by atoms with Crippen molar-refractivity contribution in [1.29, 1.82) is 0 Å². The quantitative estimate of drug-likeness (QED) is 0.885. The van der Waals surface area contributed by atoms with Gasteiger partial charge in [-0.3, -0.25) is 4.79 Å². The lowest BCUT2D eigenvalue weighted by atomic mass is 10.0. The Morgan fingerprint density at radius 1 is 1.35 bits per heavy atom. The summed E-state index contributed by atoms with van der Waals surface area (Å²) < 4.78 is 0. The second-order valence-corrected chi connectivity index (χ2v) is 5.10. The Balaban J connectivity index is 2.59. The minimum atomic E-state index is -0.141. The lowest BCUT2D eigenvalue weighted by Gasteiger charge is -2.15. The molecule has 0 aromatic heterocycles. The Morgan fingerprint density at radius 3 is 2.53 bits per heavy atom. The molecule has 1 rings (SSSR count). The molecule has 0 aliphatic rings. The fourth-order valence-corrected chi connectivity index (χ4v) is 1.53. The standard InChI is InChI=1S/C12H16Cl2N2O/c1-7(2)11(15)6-12(17)16-8-3-4-9(13)10(14)5-8/h3-5,7,11H,6,15H2,1-2H3,(H,16,17). The molecule has 0 bridgehead atoms. The van der Waals surface area contributed by atoms with Gasteiger partial charge in [0.05, 0.1) is 10.0 Å². The van der Waals surface area contributed by atoms with Crippen molar-refractivity contribution in [2.45, 2.75) is 26.3 Å². The molecule has 1 atom stereocenters. The van der Waals surface area contributed by atoms with E-state index in [1.54, 1.807) is 18.2 Å². The topological polar surface area (TPSA) is 55.1 Å². The van der Waals surface area contributed by atoms with Gasteiger partial charge in [-0.05, 0) is 24.1 Å². The fourth-order valence-electron chi connectivity index (χ4n) is 1.24. The van der Waals surface area contributed by atoms with Crippen molar-refractivity contribution in [3.63, 3.8) is 0 Å². The molecule has 0 aliphatic heterocycles. The summed E-state index contributed by atoms with van der Waals surface area (Å²) in [6.45, 7) is 3.97. The highest BCUT2D eigenvalue weighted by Crippen LogP contribution is 2.25. The van der Waals surface area contributed by atoms with Gasteiger partial charge in [0.1, 0.15) is 0 Å². The van der Waals surface area contributed by atoms with Gasteiger partial charge in [0, 0.05) is 18.2 Å². The summed E-state index contributed by atoms with van der Waals surface area (Å²) in [6.07, 6.45) is 0.290. The molecule has 5 heteroatoms. The van der Waals surface area contributed by atoms with Crippen LogP contribution in [0.5, 0.6) is 0 Å². The van der Waals surface area contributed by atoms with E-state index in [0.29, 0.717) is 15.7 Å². The summed E-state index contributed by atoms with van der Waals surface area (Å²) in [5, 5.41) is 3.61. The minimum absolute atomic E-state index is 0.121. The molecule has 3 N–H and O–H groups in total. The highest BCUT2D eigenvalue weighted by Gasteiger charge is 2.13. The van der Waals surface area contributed by atoms with Crippen LogP contribution in [0.2, 0.25) is 10.0 Å². The SMILES string of the molecule is CC(C)C(N)CC(=O)Nc1ccc(Cl)c(Cl)c1. The number of nitrogens with one attached hydrogen (secondary N) is 1. The van der Waals surface area contributed by atoms with Gasteiger partial charge in [-0.1, -0.05) is 37.0 Å². The van der Waals surface area contributed by atoms with Gasteiger partial charge in [-0.25, -0.2) is 0 Å². The summed E-state index contributed by atoms with van der Waals surface area (Å²) in [7, 11) is 0. The van der Waals surface area contributed by atoms with E-state index in [2.05, 4.69) is 5.32 Å². The summed E-state index contributed by atoms with van der Waals surface area (Å²) in [5.41, 5.74) is 6.44. The number of amides is 1. The van der Waals surface area contributed by atoms with Crippen LogP contribution in [0.4, 0.5) is 5.69 Å². The first-order chi connectivity index (χ1) is 7.90. The lowest BCUT2D eigenvalue weighted by molar-refractivity contribution is -0.116. The normalized spacial score (nSPS) is 12.6. The van der Waals surface area contributed by atoms with Crippen molar-refractivity contribution >= 4 is 34.8 Å². The Kier molecular flexibility index (Phi) is 5.25. The molecule has 0 aliphatic carbocycles. The van der Waals surface area contributed by atoms with Gasteiger partial charge in [-0.2, -0.15) is 0 Å². The van der Waals surface area contributed by atoms with Gasteiger partial charge in [-0.15, -0.1) is 0 Å². The number of anilines is 1. The highest BCUT2D eigenvalue weighted by molar-refractivity contribution is 6.42. The van der Waals surface area contributed by atoms with Crippen LogP contribution >= 0.6 is 23.2 Å². The van der Waals surface area contributed by atoms with E-state index in [-0.39, 0.29) is 24.3 Å². The second kappa shape index (κ2) is 6.24. The van der Waals surface area contributed by atoms with Gasteiger partial charge in [0.2, 0.25) is 5.91 Å². The van der Waals surface area contributed by atoms with Gasteiger partial charge in [0.25, 0.3) is 0 Å². The highest BCUT2D eigenvalue weighted by atomic mass is 35.5. The van der Waals surface area contributed by atoms with Crippen LogP contribution in [0.1, 0.15) is 20.3 Å². The maximum atomic E-state index is 11.7. The number of nitrogens with two attached hydrogens (primary N) is 1. The average molecular weight is 275 g/mol. The Morgan fingerprint density at radius 2 is 2.00 bits per heavy atom. The molecule has 0 saturated carbocycles. The fraction of sp³-hybridized carbons (Fsp3) is 0.417. The largest absolute Gasteiger partial charge is 0.327 e. The van der Waals surface area contributed by atoms with E-state index in [1.807, 2.05) is 13.8 Å². The van der Waals surface area contributed by atoms with Gasteiger partial charge >= 0.3 is 0 Å². The maximum Gasteiger partial charge on any atom is 0.225 e. The molecule has 17 heavy (non-hydrogen) atoms. The summed E-state index contributed by atoms with van der Waals surface area (Å²) in [5.74, 6) is 0.152. The number of benzene rings is 1. The van der Waals surface area contributed by atoms with E-state index in [4.69, 9.17) is 28.9 Å². The van der Waals surface area contributed by atoms with Crippen molar-refractivity contribution in [2.24, 2.45) is 11.7 Å². The van der Waals surface area contributed by atoms with Crippen molar-refractivity contribution in [3.8, 4) is 0 Å². The van der Waals surface area contributed by atoms with Crippen molar-refractivity contribution in [1.82, 2.24) is 0 Å². The Hall–Kier alpha value is -0.770. The van der Waals surface area contributed by atoms with Crippen LogP contribution in [0.25, 0.3) is 0 Å². The summed E-state index contributed by atoms with van der Waals surface area (Å²) in [6, 6.07) is 4.81. The van der Waals surface area contributed by atoms with Crippen LogP contribution in [-0.4, -0.2) is 11.9 Å². The summed E-state index contributed by atoms with van der Waals surface area (Å²) in [4.78, 5) is 11.7. The molecule has 0 heterocycles. The molecule has 1 amide bonds. The molecule has 0 fully saturated rings. The Labute approximate surface area is 111 Å². The predicted molar refractivity (Wildman–Crippen MR) is 72.5 cm³/mol. The van der Waals surface area contributed by atoms with Crippen molar-refractivity contribution < 1.29 is 4.79 Å². The van der Waals surface area contributed by atoms with Crippen LogP contribution in [0, 0.1) is 5.92 Å². The smallest absolute Gasteiger partial charge is 0.225 e. The molecular weight excluding hydrogens is 259 g/mol. The van der Waals surface area contributed by atoms with E-state index < -0.39 is 0 Å². The lowest BCUT2D eigenvalue weighted by Crippen LogP contribution is -2.31. The molecule has 94 valence electrons. The Bertz CT molecular complexity index is 407. The van der Waals surface area contributed by atoms with Crippen LogP contribution < -0.4 is 11.1 Å². The van der Waals surface area contributed by atoms with E-state index in [0.717, 1.165) is 0 Å². The molecule has 0 spiro atoms. The predicted octanol–water partition coefficient (Wildman–Crippen LogP) is 3.31. The third-order valence-electron chi connectivity index (χ3n) is 2.48. The number of rotatable bonds is 4. The molecule has 1 aromatic carbocycles. The zero-order valence-corrected chi connectivity index (χ0v) is 11.3. The number of carbonyl (C=O) groups excluding carboxylic acids is 1. The molecule has 1 aromatic rings. The first-order valence-corrected chi connectivity index (χ1v) is 6.16. The number of hydrogen-bond acceptors (Lipinski definition) is 2. The van der Waals surface area contributed by atoms with E-state index in [1.165, 1.54) is 0 Å². The monoisotopic (exact) mass is 274 g/mol. The molecular formula is C12H16Cl2N2O. The van der Waals surface area contributed by atoms with E-state index >= 15 is 0 Å². The summed E-state index contributed by atoms with van der Waals surface area (Å²) >= 11 is 11.6. The molecule has 0 saturated heterocycles. The first kappa shape index (κ1) is 14.3. The van der Waals surface area contributed by atoms with Crippen LogP contribution in [-0.2, 0) is 4.79 Å². The van der Waals surface area contributed by atoms with Crippen LogP contribution in [0.3, 0.4) is 0 Å². The first-order valence-electron chi connectivity index (χ1n) is 5.40. The maximum absolute atomic E-state index is 11.7. The van der Waals surface area contributed by atoms with Gasteiger partial charge < -0.3 is 11.1 Å². The number of halogens is 2. The number of carbonyl (C=O) groups is 1. The molecule has 0 radical (unpaired) electrons. The van der Waals surface area contributed by atoms with Crippen molar-refractivity contribution in [2.75, 3.05) is 5.32 Å². The number of hydrogen-bond donors (Lipinski definition) is 2. The van der Waals surface area contributed by atoms with Crippen LogP contribution in [0.15, 0.2) is 18.2 Å².